The van der Waals surface area contributed by atoms with E-state index in [0.29, 0.717) is 19.0 Å². The van der Waals surface area contributed by atoms with Crippen molar-refractivity contribution in [2.75, 3.05) is 13.6 Å². The van der Waals surface area contributed by atoms with Crippen molar-refractivity contribution in [2.24, 2.45) is 4.99 Å². The van der Waals surface area contributed by atoms with Crippen LogP contribution in [0.4, 0.5) is 4.39 Å². The Morgan fingerprint density at radius 1 is 1.23 bits per heavy atom. The number of aromatic nitrogens is 3. The first-order valence-corrected chi connectivity index (χ1v) is 9.32. The van der Waals surface area contributed by atoms with Gasteiger partial charge in [-0.15, -0.1) is 10.2 Å². The zero-order valence-corrected chi connectivity index (χ0v) is 15.1. The predicted molar refractivity (Wildman–Crippen MR) is 98.5 cm³/mol. The number of nitrogens with one attached hydrogen (secondary N) is 2. The molecule has 2 aliphatic rings. The maximum atomic E-state index is 14.1. The number of nitrogens with zero attached hydrogens (tertiary/aromatic N) is 4. The van der Waals surface area contributed by atoms with E-state index in [2.05, 4.69) is 30.4 Å². The number of aliphatic imine (C=N–C) groups is 1. The van der Waals surface area contributed by atoms with Gasteiger partial charge in [-0.05, 0) is 37.3 Å². The first-order valence-electron chi connectivity index (χ1n) is 9.32. The number of halogens is 1. The Hall–Kier alpha value is -2.44. The summed E-state index contributed by atoms with van der Waals surface area (Å²) in [5.74, 6) is 2.61. The molecule has 1 saturated carbocycles. The molecule has 138 valence electrons. The number of rotatable bonds is 5. The number of fused-ring (bicyclic) bond motifs is 1. The lowest BCUT2D eigenvalue weighted by atomic mass is 9.95. The van der Waals surface area contributed by atoms with E-state index in [1.807, 2.05) is 12.1 Å². The number of hydrogen-bond acceptors (Lipinski definition) is 3. The van der Waals surface area contributed by atoms with E-state index >= 15 is 0 Å². The zero-order chi connectivity index (χ0) is 18.0. The Morgan fingerprint density at radius 3 is 2.85 bits per heavy atom. The van der Waals surface area contributed by atoms with Crippen LogP contribution in [-0.2, 0) is 24.9 Å². The molecule has 4 rings (SSSR count). The van der Waals surface area contributed by atoms with Crippen molar-refractivity contribution >= 4 is 5.96 Å². The van der Waals surface area contributed by atoms with Gasteiger partial charge in [-0.2, -0.15) is 0 Å². The molecule has 2 aromatic rings. The van der Waals surface area contributed by atoms with Gasteiger partial charge in [0.05, 0.1) is 6.54 Å². The number of guanidine groups is 1. The van der Waals surface area contributed by atoms with Crippen LogP contribution < -0.4 is 10.6 Å². The molecule has 0 radical (unpaired) electrons. The van der Waals surface area contributed by atoms with Crippen molar-refractivity contribution in [3.63, 3.8) is 0 Å². The third-order valence-corrected chi connectivity index (χ3v) is 5.47. The van der Waals surface area contributed by atoms with Crippen LogP contribution in [0.25, 0.3) is 0 Å². The maximum absolute atomic E-state index is 14.1. The summed E-state index contributed by atoms with van der Waals surface area (Å²) in [6.45, 7) is 2.24. The van der Waals surface area contributed by atoms with Gasteiger partial charge < -0.3 is 15.2 Å². The summed E-state index contributed by atoms with van der Waals surface area (Å²) in [5, 5.41) is 15.2. The molecular weight excluding hydrogens is 331 g/mol. The highest BCUT2D eigenvalue weighted by molar-refractivity contribution is 5.79. The molecule has 1 aromatic heterocycles. The molecule has 1 aliphatic heterocycles. The molecule has 0 amide bonds. The summed E-state index contributed by atoms with van der Waals surface area (Å²) in [4.78, 5) is 4.29. The lowest BCUT2D eigenvalue weighted by Gasteiger charge is -2.20. The third-order valence-electron chi connectivity index (χ3n) is 5.47. The van der Waals surface area contributed by atoms with Crippen molar-refractivity contribution in [2.45, 2.75) is 50.6 Å². The lowest BCUT2D eigenvalue weighted by Crippen LogP contribution is -2.41. The fourth-order valence-electron chi connectivity index (χ4n) is 3.72. The minimum absolute atomic E-state index is 0.114. The van der Waals surface area contributed by atoms with Gasteiger partial charge in [-0.25, -0.2) is 4.39 Å². The fraction of sp³-hybridized carbons (Fsp3) is 0.526. The van der Waals surface area contributed by atoms with Crippen LogP contribution in [0.5, 0.6) is 0 Å². The van der Waals surface area contributed by atoms with Crippen molar-refractivity contribution in [3.8, 4) is 0 Å². The molecule has 0 atom stereocenters. The molecule has 0 saturated heterocycles. The molecule has 1 fully saturated rings. The van der Waals surface area contributed by atoms with Crippen LogP contribution in [0.3, 0.4) is 0 Å². The predicted octanol–water partition coefficient (Wildman–Crippen LogP) is 2.15. The topological polar surface area (TPSA) is 67.1 Å². The SMILES string of the molecule is CN=C(NCc1nnc2n1CCCC2)NCC1(c2ccccc2F)CC1. The fourth-order valence-corrected chi connectivity index (χ4v) is 3.72. The minimum atomic E-state index is -0.121. The second-order valence-corrected chi connectivity index (χ2v) is 7.18. The smallest absolute Gasteiger partial charge is 0.191 e. The van der Waals surface area contributed by atoms with E-state index in [1.54, 1.807) is 13.1 Å². The molecule has 1 aliphatic carbocycles. The highest BCUT2D eigenvalue weighted by Crippen LogP contribution is 2.48. The van der Waals surface area contributed by atoms with Gasteiger partial charge in [0.2, 0.25) is 0 Å². The summed E-state index contributed by atoms with van der Waals surface area (Å²) in [6.07, 6.45) is 5.36. The van der Waals surface area contributed by atoms with Crippen molar-refractivity contribution < 1.29 is 4.39 Å². The van der Waals surface area contributed by atoms with E-state index in [0.717, 1.165) is 43.0 Å². The summed E-state index contributed by atoms with van der Waals surface area (Å²) in [6, 6.07) is 7.07. The standard InChI is InChI=1S/C19H25FN6/c1-21-18(22-12-17-25-24-16-8-4-5-11-26(16)17)23-13-19(9-10-19)14-6-2-3-7-15(14)20/h2-3,6-7H,4-5,8-13H2,1H3,(H2,21,22,23). The van der Waals surface area contributed by atoms with Crippen LogP contribution >= 0.6 is 0 Å². The Balaban J connectivity index is 1.36. The van der Waals surface area contributed by atoms with Gasteiger partial charge in [-0.3, -0.25) is 4.99 Å². The van der Waals surface area contributed by atoms with Crippen molar-refractivity contribution in [1.82, 2.24) is 25.4 Å². The van der Waals surface area contributed by atoms with Crippen LogP contribution in [0, 0.1) is 5.82 Å². The Kier molecular flexibility index (Phi) is 4.61. The molecule has 6 nitrogen and oxygen atoms in total. The molecule has 1 aromatic carbocycles. The van der Waals surface area contributed by atoms with Gasteiger partial charge in [0, 0.05) is 32.0 Å². The number of hydrogen-bond donors (Lipinski definition) is 2. The quantitative estimate of drug-likeness (QED) is 0.636. The van der Waals surface area contributed by atoms with Gasteiger partial charge >= 0.3 is 0 Å². The second-order valence-electron chi connectivity index (χ2n) is 7.18. The van der Waals surface area contributed by atoms with E-state index in [9.17, 15) is 4.39 Å². The molecular formula is C19H25FN6. The van der Waals surface area contributed by atoms with E-state index in [1.165, 1.54) is 18.9 Å². The molecule has 0 unspecified atom stereocenters. The number of aryl methyl sites for hydroxylation is 1. The Labute approximate surface area is 152 Å². The minimum Gasteiger partial charge on any atom is -0.356 e. The summed E-state index contributed by atoms with van der Waals surface area (Å²) in [5.41, 5.74) is 0.686. The van der Waals surface area contributed by atoms with Crippen LogP contribution in [-0.4, -0.2) is 34.3 Å². The lowest BCUT2D eigenvalue weighted by molar-refractivity contribution is 0.504. The van der Waals surface area contributed by atoms with Crippen LogP contribution in [0.2, 0.25) is 0 Å². The first-order chi connectivity index (χ1) is 12.7. The largest absolute Gasteiger partial charge is 0.356 e. The molecule has 2 heterocycles. The molecule has 0 bridgehead atoms. The highest BCUT2D eigenvalue weighted by Gasteiger charge is 2.45. The normalized spacial score (nSPS) is 18.3. The maximum Gasteiger partial charge on any atom is 0.191 e. The van der Waals surface area contributed by atoms with Gasteiger partial charge in [0.1, 0.15) is 11.6 Å². The molecule has 7 heteroatoms. The number of benzene rings is 1. The van der Waals surface area contributed by atoms with E-state index in [4.69, 9.17) is 0 Å². The average Bonchev–Trinajstić information content (AvgIpc) is 3.35. The van der Waals surface area contributed by atoms with E-state index < -0.39 is 0 Å². The van der Waals surface area contributed by atoms with Gasteiger partial charge in [0.15, 0.2) is 11.8 Å². The monoisotopic (exact) mass is 356 g/mol. The Morgan fingerprint density at radius 2 is 2.08 bits per heavy atom. The van der Waals surface area contributed by atoms with Crippen molar-refractivity contribution in [3.05, 3.63) is 47.3 Å². The Bertz CT molecular complexity index is 808. The van der Waals surface area contributed by atoms with Crippen molar-refractivity contribution in [1.29, 1.82) is 0 Å². The average molecular weight is 356 g/mol. The van der Waals surface area contributed by atoms with Gasteiger partial charge in [-0.1, -0.05) is 18.2 Å². The molecule has 2 N–H and O–H groups in total. The molecule has 0 spiro atoms. The summed E-state index contributed by atoms with van der Waals surface area (Å²) < 4.78 is 16.3. The summed E-state index contributed by atoms with van der Waals surface area (Å²) >= 11 is 0. The first kappa shape index (κ1) is 17.0. The molecule has 26 heavy (non-hydrogen) atoms. The van der Waals surface area contributed by atoms with Gasteiger partial charge in [0.25, 0.3) is 0 Å². The third kappa shape index (κ3) is 3.30. The zero-order valence-electron chi connectivity index (χ0n) is 15.1. The van der Waals surface area contributed by atoms with Crippen LogP contribution in [0.15, 0.2) is 29.3 Å². The summed E-state index contributed by atoms with van der Waals surface area (Å²) in [7, 11) is 1.75. The second kappa shape index (κ2) is 7.05. The van der Waals surface area contributed by atoms with E-state index in [-0.39, 0.29) is 11.2 Å². The highest BCUT2D eigenvalue weighted by atomic mass is 19.1. The van der Waals surface area contributed by atoms with Crippen LogP contribution in [0.1, 0.15) is 42.9 Å².